The largest absolute Gasteiger partial charge is 0.357 e. The number of amides is 3. The highest BCUT2D eigenvalue weighted by molar-refractivity contribution is 7.90. The lowest BCUT2D eigenvalue weighted by Gasteiger charge is -2.29. The molecule has 0 aromatic heterocycles. The van der Waals surface area contributed by atoms with Crippen LogP contribution >= 0.6 is 0 Å². The van der Waals surface area contributed by atoms with E-state index in [4.69, 9.17) is 0 Å². The summed E-state index contributed by atoms with van der Waals surface area (Å²) in [5.41, 5.74) is 0.810. The summed E-state index contributed by atoms with van der Waals surface area (Å²) in [7, 11) is -2.66. The van der Waals surface area contributed by atoms with E-state index in [0.29, 0.717) is 4.31 Å². The standard InChI is InChI=1S/C20H21N3O5S/c1-14(19(25)21-2)22(12-15-8-4-3-5-9-15)18(24)13-23-20(26)16-10-6-7-11-17(16)29(23,27)28/h3-11,14H,12-13H2,1-2H3,(H,21,25)/t14-/m0/s1. The average Bonchev–Trinajstić information content (AvgIpc) is 2.92. The molecule has 3 amide bonds. The molecule has 152 valence electrons. The molecule has 0 aliphatic carbocycles. The molecule has 3 rings (SSSR count). The first-order chi connectivity index (χ1) is 13.8. The van der Waals surface area contributed by atoms with Gasteiger partial charge in [-0.2, -0.15) is 0 Å². The number of carbonyl (C=O) groups excluding carboxylic acids is 3. The zero-order valence-electron chi connectivity index (χ0n) is 16.0. The van der Waals surface area contributed by atoms with Crippen molar-refractivity contribution in [3.05, 3.63) is 65.7 Å². The Bertz CT molecular complexity index is 1050. The lowest BCUT2D eigenvalue weighted by Crippen LogP contribution is -2.50. The Kier molecular flexibility index (Phi) is 5.69. The molecule has 0 fully saturated rings. The Morgan fingerprint density at radius 3 is 2.31 bits per heavy atom. The molecule has 0 radical (unpaired) electrons. The second-order valence-corrected chi connectivity index (χ2v) is 8.44. The van der Waals surface area contributed by atoms with Gasteiger partial charge in [-0.3, -0.25) is 14.4 Å². The highest BCUT2D eigenvalue weighted by Crippen LogP contribution is 2.29. The van der Waals surface area contributed by atoms with Crippen LogP contribution in [0.2, 0.25) is 0 Å². The van der Waals surface area contributed by atoms with E-state index in [1.165, 1.54) is 30.1 Å². The summed E-state index contributed by atoms with van der Waals surface area (Å²) in [6.45, 7) is 0.974. The van der Waals surface area contributed by atoms with Crippen molar-refractivity contribution in [2.45, 2.75) is 24.4 Å². The third-order valence-corrected chi connectivity index (χ3v) is 6.59. The zero-order valence-corrected chi connectivity index (χ0v) is 16.8. The van der Waals surface area contributed by atoms with Gasteiger partial charge in [-0.05, 0) is 24.6 Å². The molecule has 1 heterocycles. The average molecular weight is 415 g/mol. The number of rotatable bonds is 6. The molecular formula is C20H21N3O5S. The summed E-state index contributed by atoms with van der Waals surface area (Å²) in [6.07, 6.45) is 0. The fraction of sp³-hybridized carbons (Fsp3) is 0.250. The van der Waals surface area contributed by atoms with Gasteiger partial charge in [0.2, 0.25) is 11.8 Å². The quantitative estimate of drug-likeness (QED) is 0.758. The molecule has 1 aliphatic heterocycles. The minimum absolute atomic E-state index is 0.0364. The highest BCUT2D eigenvalue weighted by atomic mass is 32.2. The smallest absolute Gasteiger partial charge is 0.269 e. The van der Waals surface area contributed by atoms with E-state index < -0.39 is 40.3 Å². The lowest BCUT2D eigenvalue weighted by atomic mass is 10.1. The van der Waals surface area contributed by atoms with E-state index in [0.717, 1.165) is 5.56 Å². The van der Waals surface area contributed by atoms with E-state index in [2.05, 4.69) is 5.32 Å². The van der Waals surface area contributed by atoms with Gasteiger partial charge in [0.25, 0.3) is 15.9 Å². The summed E-state index contributed by atoms with van der Waals surface area (Å²) in [4.78, 5) is 38.9. The number of benzene rings is 2. The van der Waals surface area contributed by atoms with E-state index in [-0.39, 0.29) is 17.0 Å². The molecule has 1 atom stereocenters. The number of nitrogens with zero attached hydrogens (tertiary/aromatic N) is 2. The number of hydrogen-bond donors (Lipinski definition) is 1. The van der Waals surface area contributed by atoms with Gasteiger partial charge in [-0.25, -0.2) is 12.7 Å². The van der Waals surface area contributed by atoms with Crippen LogP contribution in [-0.4, -0.2) is 55.0 Å². The predicted molar refractivity (Wildman–Crippen MR) is 105 cm³/mol. The van der Waals surface area contributed by atoms with Crippen LogP contribution in [-0.2, 0) is 26.2 Å². The van der Waals surface area contributed by atoms with Crippen LogP contribution in [0.5, 0.6) is 0 Å². The Labute approximate surface area is 169 Å². The predicted octanol–water partition coefficient (Wildman–Crippen LogP) is 0.994. The summed E-state index contributed by atoms with van der Waals surface area (Å²) in [5, 5.41) is 2.49. The van der Waals surface area contributed by atoms with E-state index in [9.17, 15) is 22.8 Å². The fourth-order valence-corrected chi connectivity index (χ4v) is 4.69. The van der Waals surface area contributed by atoms with Gasteiger partial charge in [0.1, 0.15) is 17.5 Å². The van der Waals surface area contributed by atoms with E-state index in [1.807, 2.05) is 6.07 Å². The molecule has 8 nitrogen and oxygen atoms in total. The molecule has 2 aromatic rings. The third kappa shape index (κ3) is 3.86. The molecule has 0 saturated heterocycles. The number of nitrogens with one attached hydrogen (secondary N) is 1. The van der Waals surface area contributed by atoms with Crippen molar-refractivity contribution in [1.82, 2.24) is 14.5 Å². The monoisotopic (exact) mass is 415 g/mol. The molecule has 1 aliphatic rings. The maximum Gasteiger partial charge on any atom is 0.269 e. The second kappa shape index (κ2) is 8.04. The van der Waals surface area contributed by atoms with Gasteiger partial charge in [0.05, 0.1) is 5.56 Å². The van der Waals surface area contributed by atoms with Gasteiger partial charge < -0.3 is 10.2 Å². The molecule has 0 spiro atoms. The summed E-state index contributed by atoms with van der Waals surface area (Å²) < 4.78 is 26.0. The van der Waals surface area contributed by atoms with Crippen LogP contribution in [0.3, 0.4) is 0 Å². The maximum atomic E-state index is 13.0. The van der Waals surface area contributed by atoms with Gasteiger partial charge >= 0.3 is 0 Å². The Hall–Kier alpha value is -3.20. The first-order valence-electron chi connectivity index (χ1n) is 8.98. The third-order valence-electron chi connectivity index (χ3n) is 4.80. The first-order valence-corrected chi connectivity index (χ1v) is 10.4. The van der Waals surface area contributed by atoms with Crippen molar-refractivity contribution >= 4 is 27.7 Å². The molecule has 2 aromatic carbocycles. The van der Waals surface area contributed by atoms with Gasteiger partial charge in [0, 0.05) is 13.6 Å². The first kappa shape index (κ1) is 20.5. The number of hydrogen-bond acceptors (Lipinski definition) is 5. The molecule has 0 bridgehead atoms. The fourth-order valence-electron chi connectivity index (χ4n) is 3.17. The van der Waals surface area contributed by atoms with Crippen molar-refractivity contribution in [2.24, 2.45) is 0 Å². The topological polar surface area (TPSA) is 104 Å². The molecule has 29 heavy (non-hydrogen) atoms. The van der Waals surface area contributed by atoms with Crippen molar-refractivity contribution in [1.29, 1.82) is 0 Å². The maximum absolute atomic E-state index is 13.0. The lowest BCUT2D eigenvalue weighted by molar-refractivity contribution is -0.140. The van der Waals surface area contributed by atoms with Crippen molar-refractivity contribution in [3.8, 4) is 0 Å². The highest BCUT2D eigenvalue weighted by Gasteiger charge is 2.43. The van der Waals surface area contributed by atoms with Crippen LogP contribution in [0, 0.1) is 0 Å². The molecule has 1 N–H and O–H groups in total. The molecular weight excluding hydrogens is 394 g/mol. The summed E-state index contributed by atoms with van der Waals surface area (Å²) in [5.74, 6) is -1.79. The van der Waals surface area contributed by atoms with E-state index >= 15 is 0 Å². The Morgan fingerprint density at radius 2 is 1.69 bits per heavy atom. The second-order valence-electron chi connectivity index (χ2n) is 6.61. The van der Waals surface area contributed by atoms with Crippen molar-refractivity contribution < 1.29 is 22.8 Å². The van der Waals surface area contributed by atoms with Crippen LogP contribution in [0.1, 0.15) is 22.8 Å². The normalized spacial score (nSPS) is 15.5. The van der Waals surface area contributed by atoms with Crippen LogP contribution < -0.4 is 5.32 Å². The SMILES string of the molecule is CNC(=O)[C@H](C)N(Cc1ccccc1)C(=O)CN1C(=O)c2ccccc2S1(=O)=O. The van der Waals surface area contributed by atoms with Crippen LogP contribution in [0.25, 0.3) is 0 Å². The van der Waals surface area contributed by atoms with Crippen LogP contribution in [0.4, 0.5) is 0 Å². The van der Waals surface area contributed by atoms with Crippen LogP contribution in [0.15, 0.2) is 59.5 Å². The number of sulfonamides is 1. The van der Waals surface area contributed by atoms with Gasteiger partial charge in [-0.1, -0.05) is 42.5 Å². The summed E-state index contributed by atoms with van der Waals surface area (Å²) >= 11 is 0. The Balaban J connectivity index is 1.89. The number of carbonyl (C=O) groups is 3. The van der Waals surface area contributed by atoms with Gasteiger partial charge in [0.15, 0.2) is 0 Å². The van der Waals surface area contributed by atoms with E-state index in [1.54, 1.807) is 37.3 Å². The van der Waals surface area contributed by atoms with Crippen molar-refractivity contribution in [3.63, 3.8) is 0 Å². The number of likely N-dealkylation sites (N-methyl/N-ethyl adjacent to an activating group) is 1. The number of fused-ring (bicyclic) bond motifs is 1. The molecule has 9 heteroatoms. The minimum Gasteiger partial charge on any atom is -0.357 e. The molecule has 0 unspecified atom stereocenters. The zero-order chi connectivity index (χ0) is 21.2. The minimum atomic E-state index is -4.11. The van der Waals surface area contributed by atoms with Gasteiger partial charge in [-0.15, -0.1) is 0 Å². The molecule has 0 saturated carbocycles. The Morgan fingerprint density at radius 1 is 1.07 bits per heavy atom. The van der Waals surface area contributed by atoms with Crippen molar-refractivity contribution in [2.75, 3.05) is 13.6 Å². The summed E-state index contributed by atoms with van der Waals surface area (Å²) in [6, 6.07) is 14.0.